The topological polar surface area (TPSA) is 71.8 Å². The number of amides is 1. The second kappa shape index (κ2) is 8.35. The molecule has 0 spiro atoms. The number of benzene rings is 1. The van der Waals surface area contributed by atoms with Gasteiger partial charge in [-0.2, -0.15) is 0 Å². The molecule has 2 fully saturated rings. The Morgan fingerprint density at radius 3 is 2.96 bits per heavy atom. The first-order chi connectivity index (χ1) is 13.6. The van der Waals surface area contributed by atoms with Gasteiger partial charge in [0, 0.05) is 30.1 Å². The molecule has 1 amide bonds. The van der Waals surface area contributed by atoms with E-state index in [2.05, 4.69) is 10.2 Å². The van der Waals surface area contributed by atoms with Gasteiger partial charge in [-0.1, -0.05) is 6.42 Å². The van der Waals surface area contributed by atoms with E-state index in [4.69, 9.17) is 9.15 Å². The Labute approximate surface area is 164 Å². The molecule has 2 aliphatic rings. The number of carbonyl (C=O) groups is 1. The number of aryl methyl sites for hydroxylation is 1. The molecule has 2 saturated heterocycles. The van der Waals surface area contributed by atoms with Crippen LogP contribution in [-0.4, -0.2) is 43.1 Å². The number of ether oxygens (including phenoxy) is 1. The van der Waals surface area contributed by atoms with E-state index >= 15 is 0 Å². The predicted octanol–water partition coefficient (Wildman–Crippen LogP) is 2.86. The maximum Gasteiger partial charge on any atom is 0.336 e. The maximum atomic E-state index is 12.3. The molecule has 2 atom stereocenters. The van der Waals surface area contributed by atoms with Gasteiger partial charge in [0.1, 0.15) is 11.3 Å². The van der Waals surface area contributed by atoms with Crippen LogP contribution in [0.3, 0.4) is 0 Å². The van der Waals surface area contributed by atoms with Crippen molar-refractivity contribution in [3.05, 3.63) is 40.2 Å². The summed E-state index contributed by atoms with van der Waals surface area (Å²) < 4.78 is 10.8. The SMILES string of the molecule is Cc1cc(=O)oc2cc(OCC(=O)NC[C@@H]3CCCN4CCCCC34)ccc12. The molecule has 1 unspecified atom stereocenters. The summed E-state index contributed by atoms with van der Waals surface area (Å²) in [6.07, 6.45) is 6.25. The number of piperidine rings is 2. The monoisotopic (exact) mass is 384 g/mol. The quantitative estimate of drug-likeness (QED) is 0.803. The zero-order valence-corrected chi connectivity index (χ0v) is 16.4. The lowest BCUT2D eigenvalue weighted by Crippen LogP contribution is -2.51. The largest absolute Gasteiger partial charge is 0.484 e. The Kier molecular flexibility index (Phi) is 5.67. The number of hydrogen-bond acceptors (Lipinski definition) is 5. The van der Waals surface area contributed by atoms with Crippen molar-refractivity contribution in [3.63, 3.8) is 0 Å². The second-order valence-corrected chi connectivity index (χ2v) is 8.00. The van der Waals surface area contributed by atoms with Gasteiger partial charge in [-0.25, -0.2) is 4.79 Å². The van der Waals surface area contributed by atoms with E-state index in [1.165, 1.54) is 51.3 Å². The first-order valence-electron chi connectivity index (χ1n) is 10.3. The maximum absolute atomic E-state index is 12.3. The third-order valence-corrected chi connectivity index (χ3v) is 6.08. The van der Waals surface area contributed by atoms with E-state index in [0.717, 1.165) is 17.5 Å². The van der Waals surface area contributed by atoms with Gasteiger partial charge in [0.2, 0.25) is 0 Å². The molecule has 4 rings (SSSR count). The Hall–Kier alpha value is -2.34. The molecule has 0 bridgehead atoms. The van der Waals surface area contributed by atoms with Crippen LogP contribution in [0, 0.1) is 12.8 Å². The summed E-state index contributed by atoms with van der Waals surface area (Å²) >= 11 is 0. The summed E-state index contributed by atoms with van der Waals surface area (Å²) in [5.41, 5.74) is 0.950. The van der Waals surface area contributed by atoms with E-state index in [-0.39, 0.29) is 18.1 Å². The predicted molar refractivity (Wildman–Crippen MR) is 108 cm³/mol. The van der Waals surface area contributed by atoms with Crippen molar-refractivity contribution in [2.75, 3.05) is 26.2 Å². The highest BCUT2D eigenvalue weighted by Crippen LogP contribution is 2.30. The van der Waals surface area contributed by atoms with Crippen LogP contribution in [-0.2, 0) is 4.79 Å². The summed E-state index contributed by atoms with van der Waals surface area (Å²) in [5.74, 6) is 0.946. The van der Waals surface area contributed by atoms with Crippen LogP contribution in [0.15, 0.2) is 33.5 Å². The first kappa shape index (κ1) is 19.0. The zero-order valence-electron chi connectivity index (χ0n) is 16.4. The molecule has 2 aromatic rings. The van der Waals surface area contributed by atoms with Crippen molar-refractivity contribution in [1.29, 1.82) is 0 Å². The minimum Gasteiger partial charge on any atom is -0.484 e. The summed E-state index contributed by atoms with van der Waals surface area (Å²) in [6, 6.07) is 7.40. The zero-order chi connectivity index (χ0) is 19.5. The number of nitrogens with zero attached hydrogens (tertiary/aromatic N) is 1. The lowest BCUT2D eigenvalue weighted by Gasteiger charge is -2.44. The van der Waals surface area contributed by atoms with Crippen molar-refractivity contribution in [2.24, 2.45) is 5.92 Å². The summed E-state index contributed by atoms with van der Waals surface area (Å²) in [4.78, 5) is 26.4. The molecule has 1 aromatic heterocycles. The third kappa shape index (κ3) is 4.22. The van der Waals surface area contributed by atoms with Crippen LogP contribution in [0.4, 0.5) is 0 Å². The van der Waals surface area contributed by atoms with Gasteiger partial charge in [0.25, 0.3) is 5.91 Å². The average molecular weight is 384 g/mol. The van der Waals surface area contributed by atoms with Gasteiger partial charge < -0.3 is 19.4 Å². The summed E-state index contributed by atoms with van der Waals surface area (Å²) in [5, 5.41) is 3.91. The molecule has 1 N–H and O–H groups in total. The third-order valence-electron chi connectivity index (χ3n) is 6.08. The molecular formula is C22H28N2O4. The van der Waals surface area contributed by atoms with Crippen molar-refractivity contribution in [1.82, 2.24) is 10.2 Å². The van der Waals surface area contributed by atoms with Gasteiger partial charge in [-0.05, 0) is 69.3 Å². The van der Waals surface area contributed by atoms with Crippen molar-refractivity contribution in [3.8, 4) is 5.75 Å². The Bertz CT molecular complexity index is 905. The average Bonchev–Trinajstić information content (AvgIpc) is 2.70. The molecule has 28 heavy (non-hydrogen) atoms. The van der Waals surface area contributed by atoms with Gasteiger partial charge in [-0.3, -0.25) is 4.79 Å². The van der Waals surface area contributed by atoms with Gasteiger partial charge in [-0.15, -0.1) is 0 Å². The molecule has 0 aliphatic carbocycles. The van der Waals surface area contributed by atoms with Crippen LogP contribution in [0.25, 0.3) is 11.0 Å². The first-order valence-corrected chi connectivity index (χ1v) is 10.3. The Balaban J connectivity index is 1.31. The van der Waals surface area contributed by atoms with Crippen LogP contribution >= 0.6 is 0 Å². The van der Waals surface area contributed by atoms with E-state index in [9.17, 15) is 9.59 Å². The standard InChI is InChI=1S/C22H28N2O4/c1-15-11-22(26)28-20-12-17(7-8-18(15)20)27-14-21(25)23-13-16-5-4-10-24-9-3-2-6-19(16)24/h7-8,11-12,16,19H,2-6,9-10,13-14H2,1H3,(H,23,25)/t16-,19?/m0/s1. The molecule has 1 aromatic carbocycles. The lowest BCUT2D eigenvalue weighted by atomic mass is 9.83. The molecule has 150 valence electrons. The fourth-order valence-corrected chi connectivity index (χ4v) is 4.66. The van der Waals surface area contributed by atoms with E-state index in [1.807, 2.05) is 13.0 Å². The van der Waals surface area contributed by atoms with E-state index < -0.39 is 0 Å². The number of nitrogens with one attached hydrogen (secondary N) is 1. The highest BCUT2D eigenvalue weighted by atomic mass is 16.5. The van der Waals surface area contributed by atoms with Crippen molar-refractivity contribution in [2.45, 2.75) is 45.1 Å². The number of hydrogen-bond donors (Lipinski definition) is 1. The van der Waals surface area contributed by atoms with Gasteiger partial charge >= 0.3 is 5.63 Å². The molecule has 0 saturated carbocycles. The summed E-state index contributed by atoms with van der Waals surface area (Å²) in [6.45, 7) is 4.95. The molecule has 3 heterocycles. The van der Waals surface area contributed by atoms with Gasteiger partial charge in [0.15, 0.2) is 6.61 Å². The fraction of sp³-hybridized carbons (Fsp3) is 0.545. The summed E-state index contributed by atoms with van der Waals surface area (Å²) in [7, 11) is 0. The molecule has 6 heteroatoms. The van der Waals surface area contributed by atoms with E-state index in [1.54, 1.807) is 12.1 Å². The molecule has 0 radical (unpaired) electrons. The molecule has 2 aliphatic heterocycles. The van der Waals surface area contributed by atoms with Crippen LogP contribution in [0.1, 0.15) is 37.7 Å². The Morgan fingerprint density at radius 1 is 1.21 bits per heavy atom. The van der Waals surface area contributed by atoms with Crippen molar-refractivity contribution < 1.29 is 13.9 Å². The minimum atomic E-state index is -0.385. The molecular weight excluding hydrogens is 356 g/mol. The highest BCUT2D eigenvalue weighted by molar-refractivity contribution is 5.81. The van der Waals surface area contributed by atoms with Crippen LogP contribution in [0.2, 0.25) is 0 Å². The minimum absolute atomic E-state index is 0.0390. The van der Waals surface area contributed by atoms with Gasteiger partial charge in [0.05, 0.1) is 0 Å². The normalized spacial score (nSPS) is 22.6. The lowest BCUT2D eigenvalue weighted by molar-refractivity contribution is -0.123. The number of fused-ring (bicyclic) bond motifs is 2. The highest BCUT2D eigenvalue weighted by Gasteiger charge is 2.32. The number of carbonyl (C=O) groups excluding carboxylic acids is 1. The smallest absolute Gasteiger partial charge is 0.336 e. The van der Waals surface area contributed by atoms with Crippen LogP contribution < -0.4 is 15.7 Å². The molecule has 6 nitrogen and oxygen atoms in total. The fourth-order valence-electron chi connectivity index (χ4n) is 4.66. The Morgan fingerprint density at radius 2 is 2.07 bits per heavy atom. The second-order valence-electron chi connectivity index (χ2n) is 8.00. The van der Waals surface area contributed by atoms with Crippen LogP contribution in [0.5, 0.6) is 5.75 Å². The van der Waals surface area contributed by atoms with E-state index in [0.29, 0.717) is 23.3 Å². The van der Waals surface area contributed by atoms with Crippen molar-refractivity contribution >= 4 is 16.9 Å². The number of rotatable bonds is 5.